The van der Waals surface area contributed by atoms with Crippen LogP contribution in [0.1, 0.15) is 6.92 Å². The Bertz CT molecular complexity index is 172. The summed E-state index contributed by atoms with van der Waals surface area (Å²) in [6, 6.07) is 0. The van der Waals surface area contributed by atoms with Gasteiger partial charge >= 0.3 is 11.9 Å². The van der Waals surface area contributed by atoms with Gasteiger partial charge in [-0.1, -0.05) is 0 Å². The van der Waals surface area contributed by atoms with Crippen LogP contribution in [-0.2, 0) is 26.7 Å². The molecule has 10 heavy (non-hydrogen) atoms. The van der Waals surface area contributed by atoms with Crippen molar-refractivity contribution in [3.63, 3.8) is 0 Å². The van der Waals surface area contributed by atoms with E-state index in [0.29, 0.717) is 6.08 Å². The molecule has 2 N–H and O–H groups in total. The van der Waals surface area contributed by atoms with Gasteiger partial charge in [-0.25, -0.2) is 9.59 Å². The number of aliphatic carboxylic acids is 2. The second-order valence-corrected chi connectivity index (χ2v) is 1.47. The zero-order valence-electron chi connectivity index (χ0n) is 5.09. The Labute approximate surface area is 68.0 Å². The molecule has 0 aromatic heterocycles. The third-order valence-electron chi connectivity index (χ3n) is 0.677. The number of carboxylic acid groups (broad SMARTS) is 2. The Morgan fingerprint density at radius 3 is 1.80 bits per heavy atom. The van der Waals surface area contributed by atoms with Crippen molar-refractivity contribution in [1.82, 2.24) is 0 Å². The first-order valence-corrected chi connectivity index (χ1v) is 2.18. The molecule has 0 rings (SSSR count). The molecule has 0 bridgehead atoms. The van der Waals surface area contributed by atoms with E-state index < -0.39 is 11.9 Å². The predicted molar refractivity (Wildman–Crippen MR) is 29.0 cm³/mol. The standard InChI is InChI=1S/C5H6O4.Cu/c1-3(5(8)9)2-4(6)7;/h2H,1H3,(H,6,7)(H,8,9);/b3-2-;. The van der Waals surface area contributed by atoms with Crippen LogP contribution in [0.25, 0.3) is 0 Å². The summed E-state index contributed by atoms with van der Waals surface area (Å²) in [5.41, 5.74) is -0.178. The van der Waals surface area contributed by atoms with E-state index in [9.17, 15) is 9.59 Å². The first-order valence-electron chi connectivity index (χ1n) is 2.18. The molecule has 0 heterocycles. The summed E-state index contributed by atoms with van der Waals surface area (Å²) in [6.45, 7) is 1.22. The number of rotatable bonds is 2. The first-order chi connectivity index (χ1) is 4.04. The summed E-state index contributed by atoms with van der Waals surface area (Å²) in [5, 5.41) is 16.1. The molecule has 0 aromatic carbocycles. The largest absolute Gasteiger partial charge is 0.478 e. The van der Waals surface area contributed by atoms with E-state index in [4.69, 9.17) is 10.2 Å². The van der Waals surface area contributed by atoms with Gasteiger partial charge in [0.25, 0.3) is 0 Å². The summed E-state index contributed by atoms with van der Waals surface area (Å²) in [4.78, 5) is 19.7. The van der Waals surface area contributed by atoms with E-state index >= 15 is 0 Å². The van der Waals surface area contributed by atoms with Crippen molar-refractivity contribution in [2.75, 3.05) is 0 Å². The van der Waals surface area contributed by atoms with Crippen LogP contribution in [0.4, 0.5) is 0 Å². The Hall–Kier alpha value is -0.801. The number of hydrogen-bond acceptors (Lipinski definition) is 2. The van der Waals surface area contributed by atoms with Gasteiger partial charge in [0, 0.05) is 28.7 Å². The van der Waals surface area contributed by atoms with E-state index in [1.54, 1.807) is 0 Å². The van der Waals surface area contributed by atoms with Gasteiger partial charge in [0.1, 0.15) is 0 Å². The summed E-state index contributed by atoms with van der Waals surface area (Å²) in [7, 11) is 0. The Balaban J connectivity index is 0. The average molecular weight is 194 g/mol. The molecule has 0 unspecified atom stereocenters. The third kappa shape index (κ3) is 5.34. The normalized spacial score (nSPS) is 9.90. The number of carboxylic acids is 2. The summed E-state index contributed by atoms with van der Waals surface area (Å²) < 4.78 is 0. The molecule has 0 spiro atoms. The van der Waals surface area contributed by atoms with E-state index in [0.717, 1.165) is 0 Å². The van der Waals surface area contributed by atoms with Crippen molar-refractivity contribution in [1.29, 1.82) is 0 Å². The molecule has 0 saturated carbocycles. The molecule has 0 saturated heterocycles. The zero-order valence-corrected chi connectivity index (χ0v) is 6.03. The van der Waals surface area contributed by atoms with Gasteiger partial charge < -0.3 is 10.2 Å². The van der Waals surface area contributed by atoms with Crippen molar-refractivity contribution in [2.45, 2.75) is 6.92 Å². The van der Waals surface area contributed by atoms with E-state index in [-0.39, 0.29) is 22.6 Å². The van der Waals surface area contributed by atoms with Gasteiger partial charge in [-0.15, -0.1) is 0 Å². The summed E-state index contributed by atoms with van der Waals surface area (Å²) >= 11 is 0. The van der Waals surface area contributed by atoms with Crippen molar-refractivity contribution < 1.29 is 36.9 Å². The molecule has 0 amide bonds. The molecule has 61 valence electrons. The van der Waals surface area contributed by atoms with Crippen molar-refractivity contribution in [2.24, 2.45) is 0 Å². The third-order valence-corrected chi connectivity index (χ3v) is 0.677. The predicted octanol–water partition coefficient (Wildman–Crippen LogP) is 0.0994. The fourth-order valence-electron chi connectivity index (χ4n) is 0.247. The maximum Gasteiger partial charge on any atom is 0.331 e. The number of carbonyl (C=O) groups is 2. The van der Waals surface area contributed by atoms with Crippen LogP contribution in [0.3, 0.4) is 0 Å². The van der Waals surface area contributed by atoms with E-state index in [1.165, 1.54) is 6.92 Å². The molecule has 0 atom stereocenters. The van der Waals surface area contributed by atoms with Crippen LogP contribution >= 0.6 is 0 Å². The molecule has 0 fully saturated rings. The Kier molecular flexibility index (Phi) is 5.99. The molecular weight excluding hydrogens is 188 g/mol. The van der Waals surface area contributed by atoms with Crippen molar-refractivity contribution in [3.8, 4) is 0 Å². The quantitative estimate of drug-likeness (QED) is 0.482. The average Bonchev–Trinajstić information content (AvgIpc) is 1.63. The summed E-state index contributed by atoms with van der Waals surface area (Å²) in [6.07, 6.45) is 0.641. The molecule has 1 radical (unpaired) electrons. The molecule has 5 heteroatoms. The van der Waals surface area contributed by atoms with Gasteiger partial charge in [0.05, 0.1) is 0 Å². The van der Waals surface area contributed by atoms with Gasteiger partial charge in [-0.2, -0.15) is 0 Å². The minimum atomic E-state index is -1.24. The van der Waals surface area contributed by atoms with E-state index in [1.807, 2.05) is 0 Å². The topological polar surface area (TPSA) is 74.6 Å². The maximum atomic E-state index is 9.90. The molecular formula is C5H6CuO4. The fraction of sp³-hybridized carbons (Fsp3) is 0.200. The molecule has 0 aliphatic rings. The zero-order chi connectivity index (χ0) is 7.44. The second-order valence-electron chi connectivity index (χ2n) is 1.47. The first kappa shape index (κ1) is 11.9. The fourth-order valence-corrected chi connectivity index (χ4v) is 0.247. The monoisotopic (exact) mass is 193 g/mol. The van der Waals surface area contributed by atoms with Gasteiger partial charge in [0.15, 0.2) is 0 Å². The Morgan fingerprint density at radius 2 is 1.70 bits per heavy atom. The van der Waals surface area contributed by atoms with Crippen LogP contribution < -0.4 is 0 Å². The van der Waals surface area contributed by atoms with Crippen LogP contribution in [0.2, 0.25) is 0 Å². The van der Waals surface area contributed by atoms with E-state index in [2.05, 4.69) is 0 Å². The van der Waals surface area contributed by atoms with Crippen LogP contribution in [0.15, 0.2) is 11.6 Å². The van der Waals surface area contributed by atoms with Crippen molar-refractivity contribution >= 4 is 11.9 Å². The molecule has 0 aliphatic heterocycles. The van der Waals surface area contributed by atoms with Crippen LogP contribution in [-0.4, -0.2) is 22.2 Å². The minimum Gasteiger partial charge on any atom is -0.478 e. The molecule has 4 nitrogen and oxygen atoms in total. The molecule has 0 aromatic rings. The minimum absolute atomic E-state index is 0. The maximum absolute atomic E-state index is 9.90. The summed E-state index contributed by atoms with van der Waals surface area (Å²) in [5.74, 6) is -2.45. The SMILES string of the molecule is C/C(=C/C(=O)O)C(=O)O.[Cu]. The van der Waals surface area contributed by atoms with Crippen LogP contribution in [0.5, 0.6) is 0 Å². The van der Waals surface area contributed by atoms with Gasteiger partial charge in [-0.05, 0) is 6.92 Å². The van der Waals surface area contributed by atoms with Gasteiger partial charge in [0.2, 0.25) is 0 Å². The van der Waals surface area contributed by atoms with Gasteiger partial charge in [-0.3, -0.25) is 0 Å². The van der Waals surface area contributed by atoms with Crippen LogP contribution in [0, 0.1) is 0 Å². The molecule has 0 aliphatic carbocycles. The Morgan fingerprint density at radius 1 is 1.30 bits per heavy atom. The second kappa shape index (κ2) is 5.02. The number of hydrogen-bond donors (Lipinski definition) is 2. The smallest absolute Gasteiger partial charge is 0.331 e. The van der Waals surface area contributed by atoms with Crippen molar-refractivity contribution in [3.05, 3.63) is 11.6 Å².